The van der Waals surface area contributed by atoms with E-state index in [4.69, 9.17) is 9.47 Å². The lowest BCUT2D eigenvalue weighted by Crippen LogP contribution is -2.51. The van der Waals surface area contributed by atoms with Crippen LogP contribution in [-0.2, 0) is 22.6 Å². The Morgan fingerprint density at radius 3 is 2.38 bits per heavy atom. The highest BCUT2D eigenvalue weighted by molar-refractivity contribution is 5.88. The smallest absolute Gasteiger partial charge is 0.311 e. The van der Waals surface area contributed by atoms with Crippen molar-refractivity contribution in [3.63, 3.8) is 0 Å². The SMILES string of the molecule is CCCCNC(=O)[C@@H](Cc1ccccc1)N(Cc1ccc(C)cc1)C(=O)COc1ccc([N+](=O)[O-])c(OC)c1. The van der Waals surface area contributed by atoms with Gasteiger partial charge in [-0.15, -0.1) is 0 Å². The maximum Gasteiger partial charge on any atom is 0.311 e. The van der Waals surface area contributed by atoms with Crippen molar-refractivity contribution in [2.24, 2.45) is 0 Å². The van der Waals surface area contributed by atoms with Crippen molar-refractivity contribution >= 4 is 17.5 Å². The molecule has 3 aromatic carbocycles. The van der Waals surface area contributed by atoms with Gasteiger partial charge in [-0.25, -0.2) is 0 Å². The van der Waals surface area contributed by atoms with E-state index < -0.39 is 11.0 Å². The lowest BCUT2D eigenvalue weighted by Gasteiger charge is -2.31. The third kappa shape index (κ3) is 8.56. The fourth-order valence-corrected chi connectivity index (χ4v) is 4.08. The maximum absolute atomic E-state index is 13.7. The summed E-state index contributed by atoms with van der Waals surface area (Å²) in [6.45, 7) is 4.40. The van der Waals surface area contributed by atoms with Gasteiger partial charge in [-0.3, -0.25) is 19.7 Å². The lowest BCUT2D eigenvalue weighted by atomic mass is 10.0. The number of carbonyl (C=O) groups excluding carboxylic acids is 2. The number of ether oxygens (including phenoxy) is 2. The van der Waals surface area contributed by atoms with Gasteiger partial charge in [0.25, 0.3) is 5.91 Å². The molecule has 9 heteroatoms. The molecule has 0 aliphatic carbocycles. The third-order valence-corrected chi connectivity index (χ3v) is 6.28. The van der Waals surface area contributed by atoms with Crippen molar-refractivity contribution in [3.8, 4) is 11.5 Å². The highest BCUT2D eigenvalue weighted by atomic mass is 16.6. The molecule has 0 aliphatic rings. The van der Waals surface area contributed by atoms with Crippen LogP contribution in [0.2, 0.25) is 0 Å². The second-order valence-electron chi connectivity index (χ2n) is 9.24. The molecular weight excluding hydrogens is 498 g/mol. The number of carbonyl (C=O) groups is 2. The average molecular weight is 534 g/mol. The zero-order valence-electron chi connectivity index (χ0n) is 22.6. The Bertz CT molecular complexity index is 1250. The monoisotopic (exact) mass is 533 g/mol. The number of aryl methyl sites for hydroxylation is 1. The molecule has 39 heavy (non-hydrogen) atoms. The number of benzene rings is 3. The van der Waals surface area contributed by atoms with E-state index in [1.807, 2.05) is 68.4 Å². The molecule has 0 fully saturated rings. The fraction of sp³-hybridized carbons (Fsp3) is 0.333. The minimum absolute atomic E-state index is 0.0266. The van der Waals surface area contributed by atoms with Crippen LogP contribution in [0.4, 0.5) is 5.69 Å². The second-order valence-corrected chi connectivity index (χ2v) is 9.24. The molecule has 1 N–H and O–H groups in total. The summed E-state index contributed by atoms with van der Waals surface area (Å²) in [5.41, 5.74) is 2.69. The van der Waals surface area contributed by atoms with Crippen LogP contribution in [0.1, 0.15) is 36.5 Å². The zero-order chi connectivity index (χ0) is 28.2. The van der Waals surface area contributed by atoms with Gasteiger partial charge in [0.05, 0.1) is 12.0 Å². The van der Waals surface area contributed by atoms with Crippen molar-refractivity contribution in [1.29, 1.82) is 0 Å². The molecule has 0 aliphatic heterocycles. The number of nitrogens with one attached hydrogen (secondary N) is 1. The summed E-state index contributed by atoms with van der Waals surface area (Å²) in [5, 5.41) is 14.2. The van der Waals surface area contributed by atoms with Crippen LogP contribution in [0.5, 0.6) is 11.5 Å². The van der Waals surface area contributed by atoms with Crippen molar-refractivity contribution in [2.75, 3.05) is 20.3 Å². The Morgan fingerprint density at radius 1 is 1.03 bits per heavy atom. The minimum Gasteiger partial charge on any atom is -0.490 e. The van der Waals surface area contributed by atoms with Gasteiger partial charge in [0, 0.05) is 31.6 Å². The molecule has 3 aromatic rings. The van der Waals surface area contributed by atoms with Gasteiger partial charge in [0.2, 0.25) is 11.7 Å². The van der Waals surface area contributed by atoms with Crippen LogP contribution in [0.25, 0.3) is 0 Å². The van der Waals surface area contributed by atoms with Gasteiger partial charge >= 0.3 is 5.69 Å². The van der Waals surface area contributed by atoms with Gasteiger partial charge in [0.15, 0.2) is 6.61 Å². The summed E-state index contributed by atoms with van der Waals surface area (Å²) in [5.74, 6) is -0.351. The third-order valence-electron chi connectivity index (χ3n) is 6.28. The summed E-state index contributed by atoms with van der Waals surface area (Å²) < 4.78 is 10.8. The van der Waals surface area contributed by atoms with Crippen LogP contribution in [0, 0.1) is 17.0 Å². The van der Waals surface area contributed by atoms with Crippen LogP contribution in [0.15, 0.2) is 72.8 Å². The van der Waals surface area contributed by atoms with Crippen molar-refractivity contribution in [3.05, 3.63) is 99.6 Å². The first kappa shape index (κ1) is 29.2. The first-order valence-electron chi connectivity index (χ1n) is 12.9. The molecule has 2 amide bonds. The predicted octanol–water partition coefficient (Wildman–Crippen LogP) is 4.85. The van der Waals surface area contributed by atoms with E-state index in [-0.39, 0.29) is 42.2 Å². The zero-order valence-corrected chi connectivity index (χ0v) is 22.6. The highest BCUT2D eigenvalue weighted by Gasteiger charge is 2.30. The molecule has 3 rings (SSSR count). The maximum atomic E-state index is 13.7. The fourth-order valence-electron chi connectivity index (χ4n) is 4.08. The van der Waals surface area contributed by atoms with Gasteiger partial charge in [-0.2, -0.15) is 0 Å². The van der Waals surface area contributed by atoms with Crippen LogP contribution in [-0.4, -0.2) is 47.9 Å². The molecule has 0 bridgehead atoms. The van der Waals surface area contributed by atoms with E-state index in [0.717, 1.165) is 29.5 Å². The van der Waals surface area contributed by atoms with Crippen LogP contribution >= 0.6 is 0 Å². The summed E-state index contributed by atoms with van der Waals surface area (Å²) in [7, 11) is 1.33. The highest BCUT2D eigenvalue weighted by Crippen LogP contribution is 2.30. The van der Waals surface area contributed by atoms with E-state index in [9.17, 15) is 19.7 Å². The molecule has 0 unspecified atom stereocenters. The van der Waals surface area contributed by atoms with Crippen LogP contribution in [0.3, 0.4) is 0 Å². The molecule has 0 spiro atoms. The van der Waals surface area contributed by atoms with Crippen molar-refractivity contribution < 1.29 is 24.0 Å². The Labute approximate surface area is 228 Å². The molecule has 0 saturated heterocycles. The quantitative estimate of drug-likeness (QED) is 0.180. The van der Waals surface area contributed by atoms with Gasteiger partial charge in [-0.1, -0.05) is 73.5 Å². The van der Waals surface area contributed by atoms with Crippen molar-refractivity contribution in [2.45, 2.75) is 45.7 Å². The molecule has 0 radical (unpaired) electrons. The number of nitro benzene ring substituents is 1. The number of unbranched alkanes of at least 4 members (excludes halogenated alkanes) is 1. The van der Waals surface area contributed by atoms with Gasteiger partial charge < -0.3 is 19.7 Å². The standard InChI is InChI=1S/C30H35N3O6/c1-4-5-17-31-30(35)27(18-23-9-7-6-8-10-23)32(20-24-13-11-22(2)12-14-24)29(34)21-39-25-15-16-26(33(36)37)28(19-25)38-3/h6-16,19,27H,4-5,17-18,20-21H2,1-3H3,(H,31,35)/t27-/m1/s1. The lowest BCUT2D eigenvalue weighted by molar-refractivity contribution is -0.385. The molecule has 0 saturated carbocycles. The molecule has 1 atom stereocenters. The number of amides is 2. The average Bonchev–Trinajstić information content (AvgIpc) is 2.94. The van der Waals surface area contributed by atoms with Gasteiger partial charge in [0.1, 0.15) is 11.8 Å². The minimum atomic E-state index is -0.770. The van der Waals surface area contributed by atoms with E-state index >= 15 is 0 Å². The Hall–Kier alpha value is -4.40. The molecule has 206 valence electrons. The van der Waals surface area contributed by atoms with E-state index in [1.165, 1.54) is 25.3 Å². The second kappa shape index (κ2) is 14.5. The predicted molar refractivity (Wildman–Crippen MR) is 149 cm³/mol. The van der Waals surface area contributed by atoms with Gasteiger partial charge in [-0.05, 0) is 30.5 Å². The number of rotatable bonds is 14. The summed E-state index contributed by atoms with van der Waals surface area (Å²) in [6.07, 6.45) is 2.10. The Kier molecular flexibility index (Phi) is 10.9. The normalized spacial score (nSPS) is 11.4. The number of hydrogen-bond donors (Lipinski definition) is 1. The molecule has 0 heterocycles. The number of nitrogens with zero attached hydrogens (tertiary/aromatic N) is 2. The summed E-state index contributed by atoms with van der Waals surface area (Å²) in [6, 6.07) is 20.6. The number of hydrogen-bond acceptors (Lipinski definition) is 6. The largest absolute Gasteiger partial charge is 0.490 e. The first-order valence-corrected chi connectivity index (χ1v) is 12.9. The van der Waals surface area contributed by atoms with E-state index in [0.29, 0.717) is 13.0 Å². The summed E-state index contributed by atoms with van der Waals surface area (Å²) >= 11 is 0. The number of methoxy groups -OCH3 is 1. The molecule has 9 nitrogen and oxygen atoms in total. The topological polar surface area (TPSA) is 111 Å². The Balaban J connectivity index is 1.89. The van der Waals surface area contributed by atoms with Crippen LogP contribution < -0.4 is 14.8 Å². The molecule has 0 aromatic heterocycles. The number of nitro groups is 1. The summed E-state index contributed by atoms with van der Waals surface area (Å²) in [4.78, 5) is 39.3. The van der Waals surface area contributed by atoms with E-state index in [2.05, 4.69) is 5.32 Å². The molecular formula is C30H35N3O6. The Morgan fingerprint density at radius 2 is 1.74 bits per heavy atom. The van der Waals surface area contributed by atoms with Crippen molar-refractivity contribution in [1.82, 2.24) is 10.2 Å². The first-order chi connectivity index (χ1) is 18.8. The van der Waals surface area contributed by atoms with E-state index in [1.54, 1.807) is 4.90 Å².